The Hall–Kier alpha value is -2.82. The molecule has 2 aromatic carbocycles. The summed E-state index contributed by atoms with van der Waals surface area (Å²) >= 11 is 0. The van der Waals surface area contributed by atoms with E-state index in [1.54, 1.807) is 27.2 Å². The number of benzene rings is 2. The van der Waals surface area contributed by atoms with Crippen LogP contribution in [-0.4, -0.2) is 60.0 Å². The maximum Gasteiger partial charge on any atom is 0.335 e. The van der Waals surface area contributed by atoms with E-state index in [2.05, 4.69) is 10.0 Å². The molecule has 0 spiro atoms. The van der Waals surface area contributed by atoms with Gasteiger partial charge in [0.2, 0.25) is 10.0 Å². The number of sulfonamides is 1. The maximum absolute atomic E-state index is 12.9. The Morgan fingerprint density at radius 1 is 1.06 bits per heavy atom. The lowest BCUT2D eigenvalue weighted by molar-refractivity contribution is 0.0696. The quantitative estimate of drug-likeness (QED) is 0.449. The molecule has 2 rings (SSSR count). The van der Waals surface area contributed by atoms with Crippen LogP contribution in [0.2, 0.25) is 0 Å². The van der Waals surface area contributed by atoms with Crippen molar-refractivity contribution in [1.82, 2.24) is 4.72 Å². The van der Waals surface area contributed by atoms with Gasteiger partial charge in [0.15, 0.2) is 11.5 Å². The van der Waals surface area contributed by atoms with Gasteiger partial charge in [0, 0.05) is 19.7 Å². The summed E-state index contributed by atoms with van der Waals surface area (Å²) in [4.78, 5) is 11.2. The molecule has 0 fully saturated rings. The molecule has 0 heterocycles. The van der Waals surface area contributed by atoms with Crippen LogP contribution in [0.4, 0.5) is 5.69 Å². The van der Waals surface area contributed by atoms with E-state index >= 15 is 0 Å². The third kappa shape index (κ3) is 6.58. The van der Waals surface area contributed by atoms with Crippen LogP contribution in [0.15, 0.2) is 41.3 Å². The van der Waals surface area contributed by atoms with Crippen molar-refractivity contribution in [3.05, 3.63) is 47.5 Å². The van der Waals surface area contributed by atoms with Crippen LogP contribution in [0.3, 0.4) is 0 Å². The molecule has 0 radical (unpaired) electrons. The van der Waals surface area contributed by atoms with Crippen LogP contribution in [0.25, 0.3) is 0 Å². The smallest absolute Gasteiger partial charge is 0.335 e. The molecule has 3 N–H and O–H groups in total. The summed E-state index contributed by atoms with van der Waals surface area (Å²) < 4.78 is 43.7. The van der Waals surface area contributed by atoms with Gasteiger partial charge in [0.05, 0.1) is 32.1 Å². The third-order valence-electron chi connectivity index (χ3n) is 4.47. The van der Waals surface area contributed by atoms with Gasteiger partial charge in [0.25, 0.3) is 0 Å². The highest BCUT2D eigenvalue weighted by Crippen LogP contribution is 2.28. The molecule has 0 amide bonds. The van der Waals surface area contributed by atoms with Gasteiger partial charge >= 0.3 is 5.97 Å². The van der Waals surface area contributed by atoms with Gasteiger partial charge in [-0.2, -0.15) is 0 Å². The Morgan fingerprint density at radius 3 is 2.39 bits per heavy atom. The lowest BCUT2D eigenvalue weighted by atomic mass is 10.1. The summed E-state index contributed by atoms with van der Waals surface area (Å²) in [6, 6.07) is 9.01. The molecule has 170 valence electrons. The first kappa shape index (κ1) is 24.4. The average molecular weight is 453 g/mol. The Balaban J connectivity index is 2.23. The zero-order valence-corrected chi connectivity index (χ0v) is 18.8. The van der Waals surface area contributed by atoms with Gasteiger partial charge in [-0.15, -0.1) is 0 Å². The molecule has 2 aromatic rings. The average Bonchev–Trinajstić information content (AvgIpc) is 2.73. The highest BCUT2D eigenvalue weighted by atomic mass is 32.2. The Bertz CT molecular complexity index is 1010. The lowest BCUT2D eigenvalue weighted by Crippen LogP contribution is -2.36. The molecular weight excluding hydrogens is 424 g/mol. The van der Waals surface area contributed by atoms with E-state index in [1.807, 2.05) is 12.1 Å². The summed E-state index contributed by atoms with van der Waals surface area (Å²) in [5, 5.41) is 12.4. The first-order valence-corrected chi connectivity index (χ1v) is 11.0. The van der Waals surface area contributed by atoms with E-state index in [-0.39, 0.29) is 17.1 Å². The van der Waals surface area contributed by atoms with Crippen LogP contribution in [0.1, 0.15) is 22.8 Å². The van der Waals surface area contributed by atoms with Crippen LogP contribution < -0.4 is 19.5 Å². The van der Waals surface area contributed by atoms with Gasteiger partial charge in [-0.3, -0.25) is 0 Å². The Morgan fingerprint density at radius 2 is 1.77 bits per heavy atom. The predicted molar refractivity (Wildman–Crippen MR) is 117 cm³/mol. The zero-order valence-electron chi connectivity index (χ0n) is 18.0. The van der Waals surface area contributed by atoms with Crippen molar-refractivity contribution in [3.8, 4) is 11.5 Å². The number of anilines is 1. The van der Waals surface area contributed by atoms with Gasteiger partial charge in [-0.05, 0) is 49.2 Å². The highest BCUT2D eigenvalue weighted by molar-refractivity contribution is 7.89. The molecule has 0 aliphatic carbocycles. The van der Waals surface area contributed by atoms with Crippen molar-refractivity contribution in [2.75, 3.05) is 39.8 Å². The van der Waals surface area contributed by atoms with Crippen LogP contribution in [-0.2, 0) is 21.2 Å². The minimum atomic E-state index is -3.98. The number of rotatable bonds is 12. The first-order chi connectivity index (χ1) is 14.7. The summed E-state index contributed by atoms with van der Waals surface area (Å²) in [7, 11) is 0.607. The first-order valence-electron chi connectivity index (χ1n) is 9.55. The zero-order chi connectivity index (χ0) is 23.0. The van der Waals surface area contributed by atoms with Crippen LogP contribution in [0, 0.1) is 0 Å². The Labute approximate surface area is 182 Å². The van der Waals surface area contributed by atoms with E-state index in [1.165, 1.54) is 19.2 Å². The minimum Gasteiger partial charge on any atom is -0.493 e. The monoisotopic (exact) mass is 452 g/mol. The van der Waals surface area contributed by atoms with Crippen molar-refractivity contribution in [2.24, 2.45) is 0 Å². The van der Waals surface area contributed by atoms with E-state index in [4.69, 9.17) is 14.2 Å². The molecular formula is C21H28N2O7S. The maximum atomic E-state index is 12.9. The highest BCUT2D eigenvalue weighted by Gasteiger charge is 2.23. The van der Waals surface area contributed by atoms with E-state index in [0.29, 0.717) is 30.2 Å². The lowest BCUT2D eigenvalue weighted by Gasteiger charge is -2.17. The van der Waals surface area contributed by atoms with Gasteiger partial charge in [-0.25, -0.2) is 17.9 Å². The summed E-state index contributed by atoms with van der Waals surface area (Å²) in [5.74, 6) is 0.0109. The number of nitrogens with one attached hydrogen (secondary N) is 2. The standard InChI is InChI=1S/C21H28N2O7S/c1-14(13-28-2)23-31(26,27)20-12-16(21(24)25)6-7-17(20)22-10-9-15-5-8-18(29-3)19(11-15)30-4/h5-8,11-12,14,22-23H,9-10,13H2,1-4H3,(H,24,25)/t14-/m1/s1. The van der Waals surface area contributed by atoms with E-state index in [9.17, 15) is 18.3 Å². The number of ether oxygens (including phenoxy) is 3. The van der Waals surface area contributed by atoms with Crippen LogP contribution >= 0.6 is 0 Å². The summed E-state index contributed by atoms with van der Waals surface area (Å²) in [6.07, 6.45) is 0.577. The number of hydrogen-bond acceptors (Lipinski definition) is 7. The number of aromatic carboxylic acids is 1. The molecule has 9 nitrogen and oxygen atoms in total. The largest absolute Gasteiger partial charge is 0.493 e. The van der Waals surface area contributed by atoms with Gasteiger partial charge < -0.3 is 24.6 Å². The van der Waals surface area contributed by atoms with Gasteiger partial charge in [0.1, 0.15) is 4.90 Å². The van der Waals surface area contributed by atoms with Crippen LogP contribution in [0.5, 0.6) is 11.5 Å². The molecule has 0 aliphatic rings. The molecule has 0 bridgehead atoms. The summed E-state index contributed by atoms with van der Waals surface area (Å²) in [6.45, 7) is 2.25. The number of methoxy groups -OCH3 is 3. The van der Waals surface area contributed by atoms with Crippen molar-refractivity contribution in [1.29, 1.82) is 0 Å². The topological polar surface area (TPSA) is 123 Å². The van der Waals surface area contributed by atoms with E-state index in [0.717, 1.165) is 11.6 Å². The second-order valence-electron chi connectivity index (χ2n) is 6.86. The third-order valence-corrected chi connectivity index (χ3v) is 6.10. The normalized spacial score (nSPS) is 12.3. The van der Waals surface area contributed by atoms with Crippen molar-refractivity contribution >= 4 is 21.7 Å². The van der Waals surface area contributed by atoms with Gasteiger partial charge in [-0.1, -0.05) is 6.07 Å². The predicted octanol–water partition coefficient (Wildman–Crippen LogP) is 2.37. The minimum absolute atomic E-state index is 0.120. The molecule has 1 atom stereocenters. The fraction of sp³-hybridized carbons (Fsp3) is 0.381. The number of carbonyl (C=O) groups is 1. The fourth-order valence-electron chi connectivity index (χ4n) is 3.01. The van der Waals surface area contributed by atoms with Crippen molar-refractivity contribution in [2.45, 2.75) is 24.3 Å². The molecule has 0 saturated heterocycles. The second-order valence-corrected chi connectivity index (χ2v) is 8.54. The van der Waals surface area contributed by atoms with E-state index < -0.39 is 22.0 Å². The molecule has 10 heteroatoms. The SMILES string of the molecule is COC[C@@H](C)NS(=O)(=O)c1cc(C(=O)O)ccc1NCCc1ccc(OC)c(OC)c1. The molecule has 0 unspecified atom stereocenters. The number of carboxylic acids is 1. The Kier molecular flexibility index (Phi) is 8.66. The molecule has 31 heavy (non-hydrogen) atoms. The molecule has 0 aliphatic heterocycles. The fourth-order valence-corrected chi connectivity index (χ4v) is 4.45. The molecule has 0 saturated carbocycles. The summed E-state index contributed by atoms with van der Waals surface area (Å²) in [5.41, 5.74) is 1.15. The van der Waals surface area contributed by atoms with Crippen molar-refractivity contribution < 1.29 is 32.5 Å². The number of carboxylic acid groups (broad SMARTS) is 1. The number of hydrogen-bond donors (Lipinski definition) is 3. The van der Waals surface area contributed by atoms with Crippen molar-refractivity contribution in [3.63, 3.8) is 0 Å². The molecule has 0 aromatic heterocycles. The second kappa shape index (κ2) is 11.0.